The smallest absolute Gasteiger partial charge is 0.411 e. The van der Waals surface area contributed by atoms with Crippen molar-refractivity contribution >= 4 is 34.8 Å². The molecule has 6 nitrogen and oxygen atoms in total. The van der Waals surface area contributed by atoms with E-state index in [9.17, 15) is 4.79 Å². The number of hydrazone groups is 1. The first kappa shape index (κ1) is 22.0. The third-order valence-corrected chi connectivity index (χ3v) is 4.54. The van der Waals surface area contributed by atoms with Gasteiger partial charge in [0.1, 0.15) is 0 Å². The summed E-state index contributed by atoms with van der Waals surface area (Å²) in [6.45, 7) is 0.248. The number of hydrogen-bond donors (Lipinski definition) is 3. The number of thiocarbonyl (C=S) groups is 1. The lowest BCUT2D eigenvalue weighted by Crippen LogP contribution is -2.25. The summed E-state index contributed by atoms with van der Waals surface area (Å²) >= 11 is 4.82. The fourth-order valence-corrected chi connectivity index (χ4v) is 3.08. The van der Waals surface area contributed by atoms with Gasteiger partial charge in [-0.1, -0.05) is 78.9 Å². The number of amides is 1. The normalized spacial score (nSPS) is 10.9. The third kappa shape index (κ3) is 6.94. The Morgan fingerprint density at radius 1 is 0.935 bits per heavy atom. The molecule has 0 atom stereocenters. The van der Waals surface area contributed by atoms with Gasteiger partial charge >= 0.3 is 6.09 Å². The summed E-state index contributed by atoms with van der Waals surface area (Å²) in [5.74, 6) is 0. The first-order chi connectivity index (χ1) is 15.1. The Morgan fingerprint density at radius 2 is 1.58 bits per heavy atom. The number of ether oxygens (including phenoxy) is 1. The monoisotopic (exact) mass is 432 g/mol. The lowest BCUT2D eigenvalue weighted by atomic mass is 10.0. The van der Waals surface area contributed by atoms with Crippen LogP contribution in [0.15, 0.2) is 90.0 Å². The van der Waals surface area contributed by atoms with E-state index in [4.69, 9.17) is 22.7 Å². The lowest BCUT2D eigenvalue weighted by molar-refractivity contribution is 0.161. The van der Waals surface area contributed by atoms with Gasteiger partial charge in [0.15, 0.2) is 5.11 Å². The number of anilines is 1. The molecule has 0 spiro atoms. The van der Waals surface area contributed by atoms with Crippen molar-refractivity contribution in [2.75, 3.05) is 11.9 Å². The highest BCUT2D eigenvalue weighted by Gasteiger charge is 2.10. The van der Waals surface area contributed by atoms with Gasteiger partial charge in [0.05, 0.1) is 18.0 Å². The molecule has 3 rings (SSSR count). The van der Waals surface area contributed by atoms with Crippen molar-refractivity contribution in [2.24, 2.45) is 10.8 Å². The molecule has 0 aliphatic heterocycles. The van der Waals surface area contributed by atoms with Crippen LogP contribution in [0.1, 0.15) is 18.4 Å². The van der Waals surface area contributed by atoms with Crippen molar-refractivity contribution in [2.45, 2.75) is 12.8 Å². The molecule has 4 N–H and O–H groups in total. The molecular formula is C24H24N4O2S. The number of para-hydroxylation sites is 1. The van der Waals surface area contributed by atoms with Crippen molar-refractivity contribution in [1.82, 2.24) is 5.43 Å². The van der Waals surface area contributed by atoms with Gasteiger partial charge < -0.3 is 10.5 Å². The Morgan fingerprint density at radius 3 is 2.29 bits per heavy atom. The minimum Gasteiger partial charge on any atom is -0.449 e. The number of hydrogen-bond acceptors (Lipinski definition) is 4. The van der Waals surface area contributed by atoms with Crippen LogP contribution in [-0.2, 0) is 4.74 Å². The van der Waals surface area contributed by atoms with Crippen molar-refractivity contribution in [1.29, 1.82) is 0 Å². The zero-order valence-corrected chi connectivity index (χ0v) is 17.8. The third-order valence-electron chi connectivity index (χ3n) is 4.45. The Balaban J connectivity index is 1.55. The second kappa shape index (κ2) is 11.5. The van der Waals surface area contributed by atoms with Crippen molar-refractivity contribution in [3.05, 3.63) is 90.5 Å². The fraction of sp³-hybridized carbons (Fsp3) is 0.125. The average Bonchev–Trinajstić information content (AvgIpc) is 2.80. The highest BCUT2D eigenvalue weighted by Crippen LogP contribution is 2.27. The van der Waals surface area contributed by atoms with Gasteiger partial charge in [-0.05, 0) is 42.3 Å². The van der Waals surface area contributed by atoms with Crippen LogP contribution in [0.5, 0.6) is 0 Å². The van der Waals surface area contributed by atoms with Gasteiger partial charge in [-0.25, -0.2) is 4.79 Å². The maximum atomic E-state index is 12.3. The molecule has 1 amide bonds. The first-order valence-corrected chi connectivity index (χ1v) is 10.3. The molecule has 0 fully saturated rings. The molecule has 0 aliphatic rings. The van der Waals surface area contributed by atoms with E-state index in [-0.39, 0.29) is 11.7 Å². The summed E-state index contributed by atoms with van der Waals surface area (Å²) in [7, 11) is 0. The topological polar surface area (TPSA) is 88.7 Å². The Labute approximate surface area is 187 Å². The number of benzene rings is 3. The molecule has 0 heterocycles. The van der Waals surface area contributed by atoms with E-state index in [1.165, 1.54) is 0 Å². The van der Waals surface area contributed by atoms with E-state index in [0.29, 0.717) is 18.5 Å². The average molecular weight is 433 g/mol. The van der Waals surface area contributed by atoms with Gasteiger partial charge in [-0.15, -0.1) is 0 Å². The van der Waals surface area contributed by atoms with Crippen LogP contribution in [0.25, 0.3) is 11.1 Å². The first-order valence-electron chi connectivity index (χ1n) is 9.89. The van der Waals surface area contributed by atoms with Gasteiger partial charge in [-0.3, -0.25) is 10.7 Å². The predicted molar refractivity (Wildman–Crippen MR) is 129 cm³/mol. The number of nitrogens with one attached hydrogen (secondary N) is 2. The molecule has 0 aromatic heterocycles. The highest BCUT2D eigenvalue weighted by molar-refractivity contribution is 7.80. The van der Waals surface area contributed by atoms with Crippen molar-refractivity contribution < 1.29 is 9.53 Å². The fourth-order valence-electron chi connectivity index (χ4n) is 3.03. The maximum Gasteiger partial charge on any atom is 0.411 e. The molecule has 0 bridgehead atoms. The van der Waals surface area contributed by atoms with Gasteiger partial charge in [-0.2, -0.15) is 5.10 Å². The van der Waals surface area contributed by atoms with Crippen LogP contribution in [0.2, 0.25) is 0 Å². The largest absolute Gasteiger partial charge is 0.449 e. The maximum absolute atomic E-state index is 12.3. The highest BCUT2D eigenvalue weighted by atomic mass is 32.1. The molecule has 0 radical (unpaired) electrons. The quantitative estimate of drug-likeness (QED) is 0.203. The number of nitrogens with two attached hydrogens (primary N) is 1. The number of carbonyl (C=O) groups is 1. The number of carbonyl (C=O) groups excluding carboxylic acids is 1. The predicted octanol–water partition coefficient (Wildman–Crippen LogP) is 4.92. The van der Waals surface area contributed by atoms with Crippen LogP contribution in [-0.4, -0.2) is 23.5 Å². The van der Waals surface area contributed by atoms with E-state index >= 15 is 0 Å². The summed E-state index contributed by atoms with van der Waals surface area (Å²) in [5.41, 5.74) is 12.5. The Hall–Kier alpha value is -3.71. The molecule has 0 saturated carbocycles. The lowest BCUT2D eigenvalue weighted by Gasteiger charge is -2.12. The van der Waals surface area contributed by atoms with Crippen LogP contribution in [0, 0.1) is 0 Å². The second-order valence-electron chi connectivity index (χ2n) is 6.68. The number of nitrogens with zero attached hydrogens (tertiary/aromatic N) is 1. The van der Waals surface area contributed by atoms with Crippen molar-refractivity contribution in [3.63, 3.8) is 0 Å². The van der Waals surface area contributed by atoms with E-state index in [0.717, 1.165) is 22.4 Å². The van der Waals surface area contributed by atoms with Gasteiger partial charge in [0.2, 0.25) is 0 Å². The summed E-state index contributed by atoms with van der Waals surface area (Å²) in [6, 6.07) is 27.2. The van der Waals surface area contributed by atoms with E-state index in [2.05, 4.69) is 15.8 Å². The van der Waals surface area contributed by atoms with E-state index in [1.54, 1.807) is 0 Å². The van der Waals surface area contributed by atoms with Crippen LogP contribution < -0.4 is 16.5 Å². The molecule has 0 aliphatic carbocycles. The SMILES string of the molecule is NC(=S)NN=C(CCCOC(=O)Nc1ccccc1-c1ccccc1)c1ccccc1. The summed E-state index contributed by atoms with van der Waals surface area (Å²) in [5, 5.41) is 7.20. The van der Waals surface area contributed by atoms with Crippen LogP contribution in [0.3, 0.4) is 0 Å². The van der Waals surface area contributed by atoms with Crippen LogP contribution in [0.4, 0.5) is 10.5 Å². The summed E-state index contributed by atoms with van der Waals surface area (Å²) < 4.78 is 5.37. The molecule has 3 aromatic rings. The molecule has 31 heavy (non-hydrogen) atoms. The second-order valence-corrected chi connectivity index (χ2v) is 7.12. The molecule has 0 saturated heterocycles. The van der Waals surface area contributed by atoms with Gasteiger partial charge in [0, 0.05) is 5.56 Å². The molecule has 0 unspecified atom stereocenters. The van der Waals surface area contributed by atoms with Crippen molar-refractivity contribution in [3.8, 4) is 11.1 Å². The molecule has 158 valence electrons. The van der Waals surface area contributed by atoms with E-state index < -0.39 is 6.09 Å². The molecule has 7 heteroatoms. The molecule has 3 aromatic carbocycles. The zero-order valence-electron chi connectivity index (χ0n) is 17.0. The number of rotatable bonds is 8. The summed E-state index contributed by atoms with van der Waals surface area (Å²) in [4.78, 5) is 12.3. The summed E-state index contributed by atoms with van der Waals surface area (Å²) in [6.07, 6.45) is 0.691. The van der Waals surface area contributed by atoms with Crippen LogP contribution >= 0.6 is 12.2 Å². The van der Waals surface area contributed by atoms with E-state index in [1.807, 2.05) is 84.9 Å². The minimum atomic E-state index is -0.497. The zero-order chi connectivity index (χ0) is 21.9. The minimum absolute atomic E-state index is 0.0983. The Bertz CT molecular complexity index is 1040. The molecular weight excluding hydrogens is 408 g/mol. The van der Waals surface area contributed by atoms with Gasteiger partial charge in [0.25, 0.3) is 0 Å². The standard InChI is InChI=1S/C24H24N4O2S/c25-23(31)28-27-21(19-12-5-2-6-13-19)16-9-17-30-24(29)26-22-15-8-7-14-20(22)18-10-3-1-4-11-18/h1-8,10-15H,9,16-17H2,(H,26,29)(H3,25,28,31). The Kier molecular flexibility index (Phi) is 8.13.